The first-order valence-corrected chi connectivity index (χ1v) is 9.52. The molecule has 3 nitrogen and oxygen atoms in total. The monoisotopic (exact) mass is 356 g/mol. The van der Waals surface area contributed by atoms with Gasteiger partial charge >= 0.3 is 0 Å². The van der Waals surface area contributed by atoms with Gasteiger partial charge in [-0.1, -0.05) is 52.0 Å². The topological polar surface area (TPSA) is 38.7 Å². The van der Waals surface area contributed by atoms with E-state index in [4.69, 9.17) is 9.47 Å². The predicted molar refractivity (Wildman–Crippen MR) is 107 cm³/mol. The molecule has 0 bridgehead atoms. The molecule has 0 amide bonds. The van der Waals surface area contributed by atoms with Crippen molar-refractivity contribution in [1.29, 1.82) is 0 Å². The van der Waals surface area contributed by atoms with Crippen LogP contribution >= 0.6 is 0 Å². The van der Waals surface area contributed by atoms with Gasteiger partial charge in [0.05, 0.1) is 6.61 Å². The van der Waals surface area contributed by atoms with Crippen molar-refractivity contribution in [1.82, 2.24) is 0 Å². The number of benzene rings is 2. The summed E-state index contributed by atoms with van der Waals surface area (Å²) in [6.07, 6.45) is 0.814. The maximum Gasteiger partial charge on any atom is 0.196 e. The van der Waals surface area contributed by atoms with Crippen molar-refractivity contribution >= 4 is 0 Å². The molecule has 0 saturated heterocycles. The number of phenolic OH excluding ortho intramolecular Hbond substituents is 1. The second kappa shape index (κ2) is 9.63. The molecule has 3 atom stereocenters. The van der Waals surface area contributed by atoms with Crippen molar-refractivity contribution in [3.63, 3.8) is 0 Å². The van der Waals surface area contributed by atoms with Crippen LogP contribution in [0.15, 0.2) is 48.5 Å². The highest BCUT2D eigenvalue weighted by molar-refractivity contribution is 5.31. The second-order valence-electron chi connectivity index (χ2n) is 7.61. The quantitative estimate of drug-likeness (QED) is 0.553. The maximum atomic E-state index is 9.43. The Kier molecular flexibility index (Phi) is 7.52. The summed E-state index contributed by atoms with van der Waals surface area (Å²) < 4.78 is 11.5. The van der Waals surface area contributed by atoms with Crippen LogP contribution in [0.1, 0.15) is 64.0 Å². The first-order valence-electron chi connectivity index (χ1n) is 9.52. The number of phenols is 1. The second-order valence-corrected chi connectivity index (χ2v) is 7.61. The Morgan fingerprint density at radius 3 is 1.77 bits per heavy atom. The van der Waals surface area contributed by atoms with Crippen LogP contribution in [0.4, 0.5) is 0 Å². The minimum Gasteiger partial charge on any atom is -0.508 e. The molecule has 0 aromatic heterocycles. The Labute approximate surface area is 158 Å². The summed E-state index contributed by atoms with van der Waals surface area (Å²) in [6, 6.07) is 15.8. The summed E-state index contributed by atoms with van der Waals surface area (Å²) in [5.74, 6) is 2.54. The minimum absolute atomic E-state index is 0.241. The average molecular weight is 357 g/mol. The van der Waals surface area contributed by atoms with E-state index < -0.39 is 0 Å². The highest BCUT2D eigenvalue weighted by Crippen LogP contribution is 2.31. The molecule has 2 rings (SSSR count). The fourth-order valence-corrected chi connectivity index (χ4v) is 3.03. The van der Waals surface area contributed by atoms with Crippen molar-refractivity contribution in [2.75, 3.05) is 6.61 Å². The molecule has 0 radical (unpaired) electrons. The lowest BCUT2D eigenvalue weighted by atomic mass is 9.87. The number of rotatable bonds is 9. The molecule has 0 aliphatic heterocycles. The molecule has 2 aromatic carbocycles. The molecule has 1 N–H and O–H groups in total. The molecular weight excluding hydrogens is 324 g/mol. The molecule has 0 spiro atoms. The molecule has 0 aliphatic rings. The van der Waals surface area contributed by atoms with E-state index in [1.807, 2.05) is 31.2 Å². The first-order chi connectivity index (χ1) is 12.3. The standard InChI is InChI=1S/C23H32O3/c1-16(2)15-25-19(5)26-23-12-8-21(9-13-23)18(4)14-17(3)20-6-10-22(24)11-7-20/h6-13,16-19,24H,14-15H2,1-5H3. The van der Waals surface area contributed by atoms with Gasteiger partial charge in [0.2, 0.25) is 0 Å². The van der Waals surface area contributed by atoms with Crippen molar-refractivity contribution < 1.29 is 14.6 Å². The van der Waals surface area contributed by atoms with Gasteiger partial charge in [0.15, 0.2) is 6.29 Å². The molecule has 3 heteroatoms. The third-order valence-electron chi connectivity index (χ3n) is 4.58. The summed E-state index contributed by atoms with van der Waals surface area (Å²) in [6.45, 7) is 11.4. The van der Waals surface area contributed by atoms with Crippen LogP contribution in [-0.2, 0) is 4.74 Å². The normalized spacial score (nSPS) is 14.8. The highest BCUT2D eigenvalue weighted by Gasteiger charge is 2.13. The number of hydrogen-bond donors (Lipinski definition) is 1. The first kappa shape index (κ1) is 20.3. The zero-order valence-electron chi connectivity index (χ0n) is 16.6. The van der Waals surface area contributed by atoms with Crippen molar-refractivity contribution in [2.45, 2.75) is 59.2 Å². The molecule has 0 fully saturated rings. The van der Waals surface area contributed by atoms with Gasteiger partial charge in [0, 0.05) is 0 Å². The van der Waals surface area contributed by atoms with Crippen LogP contribution in [0.2, 0.25) is 0 Å². The van der Waals surface area contributed by atoms with Crippen molar-refractivity contribution in [3.8, 4) is 11.5 Å². The van der Waals surface area contributed by atoms with Gasteiger partial charge in [-0.25, -0.2) is 0 Å². The SMILES string of the molecule is CC(C)COC(C)Oc1ccc(C(C)CC(C)c2ccc(O)cc2)cc1. The molecule has 142 valence electrons. The van der Waals surface area contributed by atoms with Crippen LogP contribution in [0, 0.1) is 5.92 Å². The van der Waals surface area contributed by atoms with E-state index in [0.717, 1.165) is 12.2 Å². The Balaban J connectivity index is 1.89. The van der Waals surface area contributed by atoms with Gasteiger partial charge < -0.3 is 14.6 Å². The maximum absolute atomic E-state index is 9.43. The molecule has 0 saturated carbocycles. The fraction of sp³-hybridized carbons (Fsp3) is 0.478. The van der Waals surface area contributed by atoms with Crippen molar-refractivity contribution in [3.05, 3.63) is 59.7 Å². The van der Waals surface area contributed by atoms with Crippen LogP contribution in [0.25, 0.3) is 0 Å². The molecular formula is C23H32O3. The van der Waals surface area contributed by atoms with Gasteiger partial charge in [-0.3, -0.25) is 0 Å². The van der Waals surface area contributed by atoms with Gasteiger partial charge in [-0.05, 0) is 66.5 Å². The summed E-state index contributed by atoms with van der Waals surface area (Å²) in [7, 11) is 0. The highest BCUT2D eigenvalue weighted by atomic mass is 16.7. The third kappa shape index (κ3) is 6.38. The lowest BCUT2D eigenvalue weighted by Gasteiger charge is -2.20. The summed E-state index contributed by atoms with van der Waals surface area (Å²) >= 11 is 0. The average Bonchev–Trinajstić information content (AvgIpc) is 2.61. The number of ether oxygens (including phenoxy) is 2. The smallest absolute Gasteiger partial charge is 0.196 e. The summed E-state index contributed by atoms with van der Waals surface area (Å²) in [4.78, 5) is 0. The van der Waals surface area contributed by atoms with Crippen LogP contribution in [0.3, 0.4) is 0 Å². The van der Waals surface area contributed by atoms with E-state index >= 15 is 0 Å². The van der Waals surface area contributed by atoms with E-state index in [-0.39, 0.29) is 6.29 Å². The number of aromatic hydroxyl groups is 1. The largest absolute Gasteiger partial charge is 0.508 e. The molecule has 2 aromatic rings. The Hall–Kier alpha value is -2.00. The zero-order valence-corrected chi connectivity index (χ0v) is 16.6. The fourth-order valence-electron chi connectivity index (χ4n) is 3.03. The predicted octanol–water partition coefficient (Wildman–Crippen LogP) is 6.09. The van der Waals surface area contributed by atoms with Crippen LogP contribution in [0.5, 0.6) is 11.5 Å². The molecule has 0 aliphatic carbocycles. The van der Waals surface area contributed by atoms with Crippen molar-refractivity contribution in [2.24, 2.45) is 5.92 Å². The van der Waals surface area contributed by atoms with Crippen LogP contribution < -0.4 is 4.74 Å². The van der Waals surface area contributed by atoms with E-state index in [1.54, 1.807) is 12.1 Å². The van der Waals surface area contributed by atoms with E-state index in [0.29, 0.717) is 30.1 Å². The van der Waals surface area contributed by atoms with Gasteiger partial charge in [-0.2, -0.15) is 0 Å². The Morgan fingerprint density at radius 2 is 1.27 bits per heavy atom. The molecule has 3 unspecified atom stereocenters. The molecule has 26 heavy (non-hydrogen) atoms. The van der Waals surface area contributed by atoms with Crippen LogP contribution in [-0.4, -0.2) is 18.0 Å². The van der Waals surface area contributed by atoms with Gasteiger partial charge in [-0.15, -0.1) is 0 Å². The van der Waals surface area contributed by atoms with E-state index in [9.17, 15) is 5.11 Å². The van der Waals surface area contributed by atoms with Gasteiger partial charge in [0.1, 0.15) is 11.5 Å². The summed E-state index contributed by atoms with van der Waals surface area (Å²) in [5, 5.41) is 9.43. The van der Waals surface area contributed by atoms with E-state index in [2.05, 4.69) is 39.8 Å². The Morgan fingerprint density at radius 1 is 0.769 bits per heavy atom. The lowest BCUT2D eigenvalue weighted by molar-refractivity contribution is -0.0755. The minimum atomic E-state index is -0.241. The van der Waals surface area contributed by atoms with Gasteiger partial charge in [0.25, 0.3) is 0 Å². The summed E-state index contributed by atoms with van der Waals surface area (Å²) in [5.41, 5.74) is 2.56. The third-order valence-corrected chi connectivity index (χ3v) is 4.58. The molecule has 0 heterocycles. The Bertz CT molecular complexity index is 646. The zero-order chi connectivity index (χ0) is 19.1. The number of hydrogen-bond acceptors (Lipinski definition) is 3. The van der Waals surface area contributed by atoms with E-state index in [1.165, 1.54) is 11.1 Å². The lowest BCUT2D eigenvalue weighted by Crippen LogP contribution is -2.19.